The second-order valence-electron chi connectivity index (χ2n) is 5.82. The molecule has 0 saturated heterocycles. The molecule has 3 heterocycles. The summed E-state index contributed by atoms with van der Waals surface area (Å²) >= 11 is 1.71. The van der Waals surface area contributed by atoms with Crippen LogP contribution in [0, 0.1) is 0 Å². The Labute approximate surface area is 140 Å². The quantitative estimate of drug-likeness (QED) is 0.695. The summed E-state index contributed by atoms with van der Waals surface area (Å²) in [5.74, 6) is 0. The molecule has 0 aliphatic carbocycles. The minimum atomic E-state index is 0.124. The molecule has 0 spiro atoms. The zero-order valence-corrected chi connectivity index (χ0v) is 14.5. The second-order valence-corrected chi connectivity index (χ2v) is 6.73. The monoisotopic (exact) mass is 327 g/mol. The molecule has 0 N–H and O–H groups in total. The average molecular weight is 327 g/mol. The maximum atomic E-state index is 4.45. The Balaban J connectivity index is 1.83. The summed E-state index contributed by atoms with van der Waals surface area (Å²) in [6.45, 7) is 3.08. The third-order valence-corrected chi connectivity index (χ3v) is 4.65. The summed E-state index contributed by atoms with van der Waals surface area (Å²) in [7, 11) is 4.15. The highest BCUT2D eigenvalue weighted by Gasteiger charge is 2.16. The van der Waals surface area contributed by atoms with E-state index in [1.165, 1.54) is 5.56 Å². The summed E-state index contributed by atoms with van der Waals surface area (Å²) in [6, 6.07) is 8.30. The van der Waals surface area contributed by atoms with Gasteiger partial charge in [-0.3, -0.25) is 4.98 Å². The Morgan fingerprint density at radius 3 is 2.87 bits per heavy atom. The molecule has 5 nitrogen and oxygen atoms in total. The lowest BCUT2D eigenvalue weighted by Crippen LogP contribution is -2.11. The molecular weight excluding hydrogens is 306 g/mol. The van der Waals surface area contributed by atoms with Crippen molar-refractivity contribution in [3.63, 3.8) is 0 Å². The Bertz CT molecular complexity index is 747. The van der Waals surface area contributed by atoms with Crippen molar-refractivity contribution in [1.82, 2.24) is 24.9 Å². The number of pyridine rings is 1. The molecule has 120 valence electrons. The molecule has 3 aromatic rings. The van der Waals surface area contributed by atoms with Crippen LogP contribution in [-0.2, 0) is 6.54 Å². The molecule has 0 unspecified atom stereocenters. The van der Waals surface area contributed by atoms with E-state index >= 15 is 0 Å². The summed E-state index contributed by atoms with van der Waals surface area (Å²) in [5.41, 5.74) is 3.25. The van der Waals surface area contributed by atoms with Crippen LogP contribution in [0.5, 0.6) is 0 Å². The number of rotatable bonds is 6. The van der Waals surface area contributed by atoms with Crippen molar-refractivity contribution in [2.45, 2.75) is 25.9 Å². The average Bonchev–Trinajstić information content (AvgIpc) is 3.18. The highest BCUT2D eigenvalue weighted by atomic mass is 32.1. The minimum Gasteiger partial charge on any atom is -0.305 e. The molecule has 3 rings (SSSR count). The van der Waals surface area contributed by atoms with Crippen molar-refractivity contribution in [1.29, 1.82) is 0 Å². The van der Waals surface area contributed by atoms with Crippen LogP contribution in [-0.4, -0.2) is 39.0 Å². The topological polar surface area (TPSA) is 46.8 Å². The number of nitrogens with zero attached hydrogens (tertiary/aromatic N) is 5. The van der Waals surface area contributed by atoms with E-state index < -0.39 is 0 Å². The first-order valence-corrected chi connectivity index (χ1v) is 8.60. The van der Waals surface area contributed by atoms with Crippen LogP contribution in [0.25, 0.3) is 10.6 Å². The van der Waals surface area contributed by atoms with Crippen molar-refractivity contribution in [2.75, 3.05) is 14.1 Å². The van der Waals surface area contributed by atoms with Crippen LogP contribution in [0.3, 0.4) is 0 Å². The number of aromatic nitrogens is 4. The van der Waals surface area contributed by atoms with Gasteiger partial charge in [0, 0.05) is 12.7 Å². The van der Waals surface area contributed by atoms with Gasteiger partial charge in [-0.2, -0.15) is 0 Å². The molecule has 0 amide bonds. The third kappa shape index (κ3) is 3.65. The first-order chi connectivity index (χ1) is 11.2. The van der Waals surface area contributed by atoms with Gasteiger partial charge < -0.3 is 4.90 Å². The molecule has 6 heteroatoms. The van der Waals surface area contributed by atoms with E-state index in [9.17, 15) is 0 Å². The van der Waals surface area contributed by atoms with Gasteiger partial charge in [0.1, 0.15) is 5.69 Å². The molecule has 0 bridgehead atoms. The molecule has 0 aromatic carbocycles. The number of hydrogen-bond acceptors (Lipinski definition) is 5. The Hall–Kier alpha value is -2.05. The van der Waals surface area contributed by atoms with Crippen LogP contribution in [0.2, 0.25) is 0 Å². The van der Waals surface area contributed by atoms with Gasteiger partial charge in [0.05, 0.1) is 22.8 Å². The van der Waals surface area contributed by atoms with E-state index in [2.05, 4.69) is 52.7 Å². The molecule has 3 aromatic heterocycles. The highest BCUT2D eigenvalue weighted by Crippen LogP contribution is 2.27. The van der Waals surface area contributed by atoms with E-state index in [-0.39, 0.29) is 6.04 Å². The van der Waals surface area contributed by atoms with E-state index in [0.29, 0.717) is 0 Å². The minimum absolute atomic E-state index is 0.124. The van der Waals surface area contributed by atoms with Crippen LogP contribution in [0.1, 0.15) is 30.6 Å². The normalized spacial score (nSPS) is 12.7. The first-order valence-electron chi connectivity index (χ1n) is 7.72. The molecule has 23 heavy (non-hydrogen) atoms. The summed E-state index contributed by atoms with van der Waals surface area (Å²) < 4.78 is 1.92. The smallest absolute Gasteiger partial charge is 0.123 e. The van der Waals surface area contributed by atoms with Crippen molar-refractivity contribution >= 4 is 11.3 Å². The van der Waals surface area contributed by atoms with Crippen LogP contribution in [0.15, 0.2) is 42.0 Å². The summed E-state index contributed by atoms with van der Waals surface area (Å²) in [4.78, 5) is 7.77. The molecular formula is C17H21N5S. The SMILES string of the molecule is CC[C@@H](c1ccccn1)n1cc(-c2cc(CN(C)C)cs2)nn1. The molecule has 0 saturated carbocycles. The number of thiophene rings is 1. The number of hydrogen-bond donors (Lipinski definition) is 0. The standard InChI is InChI=1S/C17H21N5S/c1-4-16(14-7-5-6-8-18-14)22-11-15(19-20-22)17-9-13(12-23-17)10-21(2)3/h5-9,11-12,16H,4,10H2,1-3H3/t16-/m0/s1. The fourth-order valence-corrected chi connectivity index (χ4v) is 3.46. The van der Waals surface area contributed by atoms with Crippen molar-refractivity contribution in [3.05, 3.63) is 53.3 Å². The first kappa shape index (κ1) is 15.8. The summed E-state index contributed by atoms with van der Waals surface area (Å²) in [6.07, 6.45) is 4.77. The van der Waals surface area contributed by atoms with Crippen LogP contribution < -0.4 is 0 Å². The van der Waals surface area contributed by atoms with Crippen LogP contribution in [0.4, 0.5) is 0 Å². The molecule has 0 radical (unpaired) electrons. The van der Waals surface area contributed by atoms with Crippen molar-refractivity contribution in [3.8, 4) is 10.6 Å². The van der Waals surface area contributed by atoms with E-state index in [4.69, 9.17) is 0 Å². The summed E-state index contributed by atoms with van der Waals surface area (Å²) in [5, 5.41) is 10.9. The van der Waals surface area contributed by atoms with Crippen LogP contribution >= 0.6 is 11.3 Å². The van der Waals surface area contributed by atoms with Gasteiger partial charge in [0.25, 0.3) is 0 Å². The zero-order chi connectivity index (χ0) is 16.2. The fraction of sp³-hybridized carbons (Fsp3) is 0.353. The van der Waals surface area contributed by atoms with E-state index in [1.54, 1.807) is 11.3 Å². The van der Waals surface area contributed by atoms with E-state index in [0.717, 1.165) is 29.2 Å². The lowest BCUT2D eigenvalue weighted by molar-refractivity contribution is 0.403. The maximum Gasteiger partial charge on any atom is 0.123 e. The Kier molecular flexibility index (Phi) is 4.83. The van der Waals surface area contributed by atoms with Gasteiger partial charge in [0.15, 0.2) is 0 Å². The largest absolute Gasteiger partial charge is 0.305 e. The second kappa shape index (κ2) is 7.02. The molecule has 0 aliphatic rings. The lowest BCUT2D eigenvalue weighted by atomic mass is 10.1. The zero-order valence-electron chi connectivity index (χ0n) is 13.7. The van der Waals surface area contributed by atoms with Gasteiger partial charge in [-0.15, -0.1) is 16.4 Å². The predicted octanol–water partition coefficient (Wildman–Crippen LogP) is 3.46. The lowest BCUT2D eigenvalue weighted by Gasteiger charge is -2.13. The molecule has 0 aliphatic heterocycles. The molecule has 1 atom stereocenters. The third-order valence-electron chi connectivity index (χ3n) is 3.65. The molecule has 0 fully saturated rings. The Morgan fingerprint density at radius 1 is 1.30 bits per heavy atom. The van der Waals surface area contributed by atoms with Crippen molar-refractivity contribution in [2.24, 2.45) is 0 Å². The van der Waals surface area contributed by atoms with Gasteiger partial charge in [-0.1, -0.05) is 18.2 Å². The van der Waals surface area contributed by atoms with Crippen molar-refractivity contribution < 1.29 is 0 Å². The maximum absolute atomic E-state index is 4.45. The van der Waals surface area contributed by atoms with E-state index in [1.807, 2.05) is 35.3 Å². The van der Waals surface area contributed by atoms with Gasteiger partial charge in [-0.25, -0.2) is 4.68 Å². The predicted molar refractivity (Wildman–Crippen MR) is 93.4 cm³/mol. The van der Waals surface area contributed by atoms with Gasteiger partial charge >= 0.3 is 0 Å². The Morgan fingerprint density at radius 2 is 2.17 bits per heavy atom. The highest BCUT2D eigenvalue weighted by molar-refractivity contribution is 7.13. The fourth-order valence-electron chi connectivity index (χ4n) is 2.60. The van der Waals surface area contributed by atoms with Gasteiger partial charge in [0.2, 0.25) is 0 Å². The van der Waals surface area contributed by atoms with Gasteiger partial charge in [-0.05, 0) is 49.7 Å².